The maximum Gasteiger partial charge on any atom is 0.235 e. The van der Waals surface area contributed by atoms with E-state index in [2.05, 4.69) is 9.98 Å². The molecule has 0 bridgehead atoms. The lowest BCUT2D eigenvalue weighted by Crippen LogP contribution is -2.27. The van der Waals surface area contributed by atoms with Crippen molar-refractivity contribution in [3.63, 3.8) is 0 Å². The van der Waals surface area contributed by atoms with E-state index in [1.54, 1.807) is 12.2 Å². The van der Waals surface area contributed by atoms with Gasteiger partial charge in [-0.15, -0.1) is 0 Å². The fourth-order valence-corrected chi connectivity index (χ4v) is 3.55. The van der Waals surface area contributed by atoms with Gasteiger partial charge in [0.25, 0.3) is 0 Å². The Hall–Kier alpha value is -1.24. The van der Waals surface area contributed by atoms with Crippen molar-refractivity contribution < 1.29 is 9.59 Å². The molecule has 0 unspecified atom stereocenters. The molecule has 2 aliphatic rings. The summed E-state index contributed by atoms with van der Waals surface area (Å²) in [5.41, 5.74) is 0. The first-order valence-corrected chi connectivity index (χ1v) is 6.97. The quantitative estimate of drug-likeness (QED) is 0.569. The summed E-state index contributed by atoms with van der Waals surface area (Å²) in [4.78, 5) is 28.1. The molecule has 18 heavy (non-hydrogen) atoms. The lowest BCUT2D eigenvalue weighted by molar-refractivity contribution is 0.179. The molecule has 4 heteroatoms. The van der Waals surface area contributed by atoms with E-state index in [-0.39, 0.29) is 12.1 Å². The summed E-state index contributed by atoms with van der Waals surface area (Å²) in [5.74, 6) is 1.56. The van der Waals surface area contributed by atoms with Crippen LogP contribution in [0.4, 0.5) is 0 Å². The van der Waals surface area contributed by atoms with Crippen LogP contribution >= 0.6 is 0 Å². The Morgan fingerprint density at radius 1 is 0.611 bits per heavy atom. The minimum Gasteiger partial charge on any atom is -0.211 e. The Kier molecular flexibility index (Phi) is 4.86. The largest absolute Gasteiger partial charge is 0.235 e. The normalized spacial score (nSPS) is 36.2. The number of hydrogen-bond acceptors (Lipinski definition) is 4. The first-order valence-electron chi connectivity index (χ1n) is 6.97. The number of aliphatic imine (C=N–C) groups is 2. The Labute approximate surface area is 108 Å². The number of isocyanates is 2. The van der Waals surface area contributed by atoms with Crippen LogP contribution in [0.2, 0.25) is 0 Å². The molecule has 0 amide bonds. The van der Waals surface area contributed by atoms with Crippen LogP contribution in [0.3, 0.4) is 0 Å². The zero-order chi connectivity index (χ0) is 12.8. The molecular weight excluding hydrogens is 228 g/mol. The summed E-state index contributed by atoms with van der Waals surface area (Å²) >= 11 is 0. The highest BCUT2D eigenvalue weighted by molar-refractivity contribution is 5.33. The molecule has 0 aromatic carbocycles. The summed E-state index contributed by atoms with van der Waals surface area (Å²) in [6.45, 7) is 0. The first-order chi connectivity index (χ1) is 8.83. The molecule has 0 atom stereocenters. The predicted molar refractivity (Wildman–Crippen MR) is 67.7 cm³/mol. The van der Waals surface area contributed by atoms with Crippen molar-refractivity contribution in [2.24, 2.45) is 21.8 Å². The van der Waals surface area contributed by atoms with Crippen molar-refractivity contribution in [1.29, 1.82) is 0 Å². The SMILES string of the molecule is O=C=NC1CCC(C2CCC(N=C=O)CC2)CC1. The molecule has 0 saturated heterocycles. The maximum absolute atomic E-state index is 10.2. The highest BCUT2D eigenvalue weighted by Gasteiger charge is 2.30. The van der Waals surface area contributed by atoms with Crippen molar-refractivity contribution in [3.05, 3.63) is 0 Å². The Morgan fingerprint density at radius 3 is 1.22 bits per heavy atom. The third-order valence-electron chi connectivity index (χ3n) is 4.62. The van der Waals surface area contributed by atoms with E-state index < -0.39 is 0 Å². The fraction of sp³-hybridized carbons (Fsp3) is 0.857. The summed E-state index contributed by atoms with van der Waals surface area (Å²) in [6, 6.07) is 0.435. The van der Waals surface area contributed by atoms with Gasteiger partial charge in [-0.1, -0.05) is 0 Å². The van der Waals surface area contributed by atoms with Crippen molar-refractivity contribution in [2.45, 2.75) is 63.5 Å². The van der Waals surface area contributed by atoms with E-state index in [1.165, 1.54) is 25.7 Å². The van der Waals surface area contributed by atoms with Gasteiger partial charge in [0.05, 0.1) is 12.1 Å². The van der Waals surface area contributed by atoms with Crippen LogP contribution in [0.5, 0.6) is 0 Å². The van der Waals surface area contributed by atoms with Crippen LogP contribution in [0.25, 0.3) is 0 Å². The molecule has 0 N–H and O–H groups in total. The summed E-state index contributed by atoms with van der Waals surface area (Å²) < 4.78 is 0. The van der Waals surface area contributed by atoms with Crippen molar-refractivity contribution in [2.75, 3.05) is 0 Å². The molecule has 0 heterocycles. The van der Waals surface area contributed by atoms with Gasteiger partial charge in [0.2, 0.25) is 12.2 Å². The molecular formula is C14H20N2O2. The van der Waals surface area contributed by atoms with Gasteiger partial charge in [-0.2, -0.15) is 0 Å². The summed E-state index contributed by atoms with van der Waals surface area (Å²) in [6.07, 6.45) is 12.2. The van der Waals surface area contributed by atoms with Gasteiger partial charge in [-0.05, 0) is 63.2 Å². The van der Waals surface area contributed by atoms with Crippen LogP contribution in [0, 0.1) is 11.8 Å². The van der Waals surface area contributed by atoms with E-state index in [4.69, 9.17) is 0 Å². The van der Waals surface area contributed by atoms with Gasteiger partial charge in [0.1, 0.15) is 0 Å². The van der Waals surface area contributed by atoms with Crippen molar-refractivity contribution >= 4 is 12.2 Å². The number of hydrogen-bond donors (Lipinski definition) is 0. The third-order valence-corrected chi connectivity index (χ3v) is 4.62. The standard InChI is InChI=1S/C14H20N2O2/c17-9-15-13-5-1-11(2-6-13)12-3-7-14(8-4-12)16-10-18/h11-14H,1-8H2. The molecule has 0 aromatic rings. The van der Waals surface area contributed by atoms with Crippen molar-refractivity contribution in [3.8, 4) is 0 Å². The van der Waals surface area contributed by atoms with Gasteiger partial charge in [0, 0.05) is 0 Å². The second-order valence-electron chi connectivity index (χ2n) is 5.58. The summed E-state index contributed by atoms with van der Waals surface area (Å²) in [5, 5.41) is 0. The lowest BCUT2D eigenvalue weighted by atomic mass is 9.71. The van der Waals surface area contributed by atoms with Gasteiger partial charge >= 0.3 is 0 Å². The number of rotatable bonds is 3. The fourth-order valence-electron chi connectivity index (χ4n) is 3.55. The third kappa shape index (κ3) is 3.38. The minimum atomic E-state index is 0.217. The minimum absolute atomic E-state index is 0.217. The van der Waals surface area contributed by atoms with Gasteiger partial charge in [0.15, 0.2) is 0 Å². The average Bonchev–Trinajstić information content (AvgIpc) is 2.41. The molecule has 2 saturated carbocycles. The first kappa shape index (κ1) is 13.2. The second-order valence-corrected chi connectivity index (χ2v) is 5.58. The lowest BCUT2D eigenvalue weighted by Gasteiger charge is -2.35. The van der Waals surface area contributed by atoms with E-state index in [9.17, 15) is 9.59 Å². The topological polar surface area (TPSA) is 58.9 Å². The van der Waals surface area contributed by atoms with Crippen LogP contribution < -0.4 is 0 Å². The van der Waals surface area contributed by atoms with Gasteiger partial charge in [-0.25, -0.2) is 19.6 Å². The Bertz CT molecular complexity index is 318. The van der Waals surface area contributed by atoms with E-state index in [0.717, 1.165) is 37.5 Å². The molecule has 2 rings (SSSR count). The van der Waals surface area contributed by atoms with Gasteiger partial charge in [-0.3, -0.25) is 0 Å². The Balaban J connectivity index is 1.77. The molecule has 0 radical (unpaired) electrons. The molecule has 2 fully saturated rings. The van der Waals surface area contributed by atoms with Crippen LogP contribution in [0.15, 0.2) is 9.98 Å². The van der Waals surface area contributed by atoms with Crippen LogP contribution in [0.1, 0.15) is 51.4 Å². The number of nitrogens with zero attached hydrogens (tertiary/aromatic N) is 2. The molecule has 0 aromatic heterocycles. The predicted octanol–water partition coefficient (Wildman–Crippen LogP) is 2.78. The van der Waals surface area contributed by atoms with Crippen molar-refractivity contribution in [1.82, 2.24) is 0 Å². The zero-order valence-corrected chi connectivity index (χ0v) is 10.7. The maximum atomic E-state index is 10.2. The smallest absolute Gasteiger partial charge is 0.211 e. The van der Waals surface area contributed by atoms with E-state index >= 15 is 0 Å². The monoisotopic (exact) mass is 248 g/mol. The molecule has 0 aliphatic heterocycles. The highest BCUT2D eigenvalue weighted by Crippen LogP contribution is 2.39. The Morgan fingerprint density at radius 2 is 0.944 bits per heavy atom. The highest BCUT2D eigenvalue weighted by atomic mass is 16.1. The zero-order valence-electron chi connectivity index (χ0n) is 10.7. The molecule has 0 spiro atoms. The van der Waals surface area contributed by atoms with E-state index in [0.29, 0.717) is 0 Å². The van der Waals surface area contributed by atoms with Crippen LogP contribution in [-0.4, -0.2) is 24.2 Å². The van der Waals surface area contributed by atoms with Crippen LogP contribution in [-0.2, 0) is 9.59 Å². The average molecular weight is 248 g/mol. The molecule has 2 aliphatic carbocycles. The summed E-state index contributed by atoms with van der Waals surface area (Å²) in [7, 11) is 0. The molecule has 98 valence electrons. The van der Waals surface area contributed by atoms with E-state index in [1.807, 2.05) is 0 Å². The molecule has 4 nitrogen and oxygen atoms in total. The second kappa shape index (κ2) is 6.63. The van der Waals surface area contributed by atoms with Gasteiger partial charge < -0.3 is 0 Å². The number of carbonyl (C=O) groups excluding carboxylic acids is 2.